The van der Waals surface area contributed by atoms with Crippen LogP contribution in [0.2, 0.25) is 0 Å². The fraction of sp³-hybridized carbons (Fsp3) is 1.00. The summed E-state index contributed by atoms with van der Waals surface area (Å²) >= 11 is 0. The fourth-order valence-electron chi connectivity index (χ4n) is 0. The molecule has 0 aliphatic heterocycles. The van der Waals surface area contributed by atoms with Gasteiger partial charge in [-0.2, -0.15) is 8.42 Å². The first kappa shape index (κ1) is 16.1. The van der Waals surface area contributed by atoms with Crippen LogP contribution in [0.3, 0.4) is 0 Å². The van der Waals surface area contributed by atoms with E-state index in [0.717, 1.165) is 0 Å². The van der Waals surface area contributed by atoms with Crippen molar-refractivity contribution in [2.45, 2.75) is 0 Å². The van der Waals surface area contributed by atoms with Crippen molar-refractivity contribution in [3.05, 3.63) is 16.0 Å². The Balaban J connectivity index is -0.0000000800. The molecule has 0 aromatic carbocycles. The summed E-state index contributed by atoms with van der Waals surface area (Å²) in [6.07, 6.45) is 0.715. The molecule has 0 aromatic rings. The van der Waals surface area contributed by atoms with Gasteiger partial charge in [0.2, 0.25) is 0 Å². The van der Waals surface area contributed by atoms with E-state index in [9.17, 15) is 8.42 Å². The van der Waals surface area contributed by atoms with Crippen molar-refractivity contribution in [1.29, 1.82) is 0 Å². The van der Waals surface area contributed by atoms with Crippen LogP contribution in [0.1, 0.15) is 0 Å². The molecule has 1 N–H and O–H groups in total. The van der Waals surface area contributed by atoms with Gasteiger partial charge in [0.1, 0.15) is 0 Å². The summed E-state index contributed by atoms with van der Waals surface area (Å²) in [5, 5.41) is 0. The molecule has 8 heteroatoms. The van der Waals surface area contributed by atoms with Gasteiger partial charge in [-0.3, -0.25) is 9.46 Å². The van der Waals surface area contributed by atoms with Gasteiger partial charge in [0, 0.05) is 0 Å². The van der Waals surface area contributed by atoms with Crippen molar-refractivity contribution in [3.8, 4) is 0 Å². The van der Waals surface area contributed by atoms with Crippen LogP contribution in [0, 0.1) is 0 Å². The normalized spacial score (nSPS) is 7.33. The number of nitrogens with zero attached hydrogens (tertiary/aromatic N) is 3. The van der Waals surface area contributed by atoms with E-state index in [1.165, 1.54) is 4.91 Å². The zero-order valence-electron chi connectivity index (χ0n) is 5.01. The smallest absolute Gasteiger partial charge is 0.373 e. The van der Waals surface area contributed by atoms with Gasteiger partial charge < -0.3 is 11.1 Å². The minimum atomic E-state index is -3.67. The van der Waals surface area contributed by atoms with Crippen molar-refractivity contribution in [1.82, 2.24) is 0 Å². The maximum atomic E-state index is 9.19. The molecule has 0 aromatic heterocycles. The summed E-state index contributed by atoms with van der Waals surface area (Å²) in [4.78, 5) is 1.50. The predicted octanol–water partition coefficient (Wildman–Crippen LogP) is -2.63. The van der Waals surface area contributed by atoms with Crippen LogP contribution in [0.25, 0.3) is 16.0 Å². The first-order valence-corrected chi connectivity index (χ1v) is 3.17. The molecule has 0 radical (unpaired) electrons. The van der Waals surface area contributed by atoms with E-state index in [-0.39, 0.29) is 29.6 Å². The molecule has 0 rings (SSSR count). The Morgan fingerprint density at radius 3 is 1.44 bits per heavy atom. The SMILES string of the molecule is CS(=O)(=O)O.[N-]=[N+]=[N-].[Na+]. The van der Waals surface area contributed by atoms with Crippen LogP contribution < -0.4 is 29.6 Å². The standard InChI is InChI=1S/CH4O3S.N3.Na/c1-5(2,3)4;1-3-2;/h1H3,(H,2,3,4);;/q;-1;+1. The van der Waals surface area contributed by atoms with Crippen LogP contribution in [0.4, 0.5) is 0 Å². The number of hydrogen-bond donors (Lipinski definition) is 1. The Morgan fingerprint density at radius 1 is 1.44 bits per heavy atom. The van der Waals surface area contributed by atoms with Gasteiger partial charge in [0.05, 0.1) is 6.26 Å². The molecule has 0 aliphatic carbocycles. The quantitative estimate of drug-likeness (QED) is 0.138. The fourth-order valence-corrected chi connectivity index (χ4v) is 0. The average Bonchev–Trinajstić information content (AvgIpc) is 1.27. The van der Waals surface area contributed by atoms with E-state index < -0.39 is 10.1 Å². The van der Waals surface area contributed by atoms with Crippen molar-refractivity contribution >= 4 is 10.1 Å². The van der Waals surface area contributed by atoms with Crippen molar-refractivity contribution in [2.75, 3.05) is 6.26 Å². The minimum absolute atomic E-state index is 0. The topological polar surface area (TPSA) is 113 Å². The Morgan fingerprint density at radius 2 is 1.44 bits per heavy atom. The Hall–Kier alpha value is 0.220. The average molecular weight is 161 g/mol. The van der Waals surface area contributed by atoms with Crippen molar-refractivity contribution < 1.29 is 42.5 Å². The predicted molar refractivity (Wildman–Crippen MR) is 27.5 cm³/mol. The second-order valence-electron chi connectivity index (χ2n) is 0.822. The van der Waals surface area contributed by atoms with E-state index in [1.54, 1.807) is 0 Å². The van der Waals surface area contributed by atoms with Crippen LogP contribution in [0.15, 0.2) is 0 Å². The molecule has 0 fully saturated rings. The first-order valence-electron chi connectivity index (χ1n) is 1.32. The summed E-state index contributed by atoms with van der Waals surface area (Å²) in [6.45, 7) is 0. The summed E-state index contributed by atoms with van der Waals surface area (Å²) in [5.41, 5.74) is 13.5. The second-order valence-corrected chi connectivity index (χ2v) is 2.29. The van der Waals surface area contributed by atoms with E-state index in [1.807, 2.05) is 0 Å². The van der Waals surface area contributed by atoms with Crippen molar-refractivity contribution in [2.24, 2.45) is 0 Å². The molecule has 6 nitrogen and oxygen atoms in total. The molecule has 0 amide bonds. The van der Waals surface area contributed by atoms with Gasteiger partial charge >= 0.3 is 29.6 Å². The van der Waals surface area contributed by atoms with E-state index in [2.05, 4.69) is 0 Å². The zero-order valence-corrected chi connectivity index (χ0v) is 7.83. The van der Waals surface area contributed by atoms with E-state index in [4.69, 9.17) is 15.6 Å². The van der Waals surface area contributed by atoms with Gasteiger partial charge in [-0.1, -0.05) is 0 Å². The summed E-state index contributed by atoms with van der Waals surface area (Å²) < 4.78 is 25.9. The van der Waals surface area contributed by atoms with Gasteiger partial charge in [-0.15, -0.1) is 0 Å². The first-order chi connectivity index (χ1) is 3.41. The number of hydrogen-bond acceptors (Lipinski definition) is 2. The molecule has 9 heavy (non-hydrogen) atoms. The summed E-state index contributed by atoms with van der Waals surface area (Å²) in [7, 11) is -3.67. The molecule has 0 spiro atoms. The molecule has 48 valence electrons. The number of rotatable bonds is 0. The van der Waals surface area contributed by atoms with Crippen LogP contribution in [0.5, 0.6) is 0 Å². The third-order valence-corrected chi connectivity index (χ3v) is 0. The zero-order chi connectivity index (χ0) is 7.21. The molecule has 0 saturated heterocycles. The van der Waals surface area contributed by atoms with Crippen LogP contribution >= 0.6 is 0 Å². The van der Waals surface area contributed by atoms with Crippen molar-refractivity contribution in [3.63, 3.8) is 0 Å². The molecule has 0 atom stereocenters. The summed E-state index contributed by atoms with van der Waals surface area (Å²) in [5.74, 6) is 0. The second kappa shape index (κ2) is 8.22. The minimum Gasteiger partial charge on any atom is -0.373 e. The van der Waals surface area contributed by atoms with E-state index >= 15 is 0 Å². The van der Waals surface area contributed by atoms with E-state index in [0.29, 0.717) is 6.26 Å². The molecule has 0 heterocycles. The van der Waals surface area contributed by atoms with Gasteiger partial charge in [-0.05, 0) is 0 Å². The van der Waals surface area contributed by atoms with Crippen LogP contribution in [-0.2, 0) is 10.1 Å². The van der Waals surface area contributed by atoms with Gasteiger partial charge in [-0.25, -0.2) is 0 Å². The molecular formula is CH4N3NaO3S. The van der Waals surface area contributed by atoms with Gasteiger partial charge in [0.25, 0.3) is 10.1 Å². The Bertz CT molecular complexity index is 159. The third-order valence-electron chi connectivity index (χ3n) is 0. The maximum Gasteiger partial charge on any atom is 1.00 e. The molecular weight excluding hydrogens is 157 g/mol. The molecule has 0 saturated carbocycles. The Labute approximate surface area is 74.7 Å². The Kier molecular flexibility index (Phi) is 14.7. The largest absolute Gasteiger partial charge is 1.00 e. The van der Waals surface area contributed by atoms with Gasteiger partial charge in [0.15, 0.2) is 0 Å². The molecule has 0 aliphatic rings. The molecule has 0 bridgehead atoms. The molecule has 0 unspecified atom stereocenters. The summed E-state index contributed by atoms with van der Waals surface area (Å²) in [6, 6.07) is 0. The van der Waals surface area contributed by atoms with Crippen LogP contribution in [-0.4, -0.2) is 19.2 Å². The maximum absolute atomic E-state index is 9.19. The monoisotopic (exact) mass is 161 g/mol. The third kappa shape index (κ3) is 6570.